The van der Waals surface area contributed by atoms with Crippen molar-refractivity contribution >= 4 is 66.3 Å². The van der Waals surface area contributed by atoms with E-state index in [1.54, 1.807) is 12.5 Å². The smallest absolute Gasteiger partial charge is 0.319 e. The number of amides is 4. The van der Waals surface area contributed by atoms with Gasteiger partial charge in [0, 0.05) is 0 Å². The molecule has 0 aliphatic heterocycles. The van der Waals surface area contributed by atoms with Gasteiger partial charge in [-0.05, 0) is 112 Å². The Hall–Kier alpha value is -4.38. The summed E-state index contributed by atoms with van der Waals surface area (Å²) < 4.78 is 61.0. The Bertz CT molecular complexity index is 2160. The lowest BCUT2D eigenvalue weighted by Crippen LogP contribution is -2.34. The summed E-state index contributed by atoms with van der Waals surface area (Å²) in [7, 11) is -7.43. The second-order valence-electron chi connectivity index (χ2n) is 13.7. The summed E-state index contributed by atoms with van der Waals surface area (Å²) in [5, 5.41) is 30.4. The number of furan rings is 2. The number of rotatable bonds is 8. The van der Waals surface area contributed by atoms with Crippen molar-refractivity contribution in [2.75, 3.05) is 10.6 Å². The number of phenols is 2. The lowest BCUT2D eigenvalue weighted by molar-refractivity contribution is 0.243. The molecule has 6 N–H and O–H groups in total. The standard InChI is InChI=1S/2C18H19ClN2O5S.2CH4/c2*19-12-6-7-13(15(22)17(12)27(24,25)11-4-5-11)20-18(23)21-14-3-1-2-10-8-9-26-16(10)14;;/h2*6-9,11,14,22H,1-5H2,(H2,20,21,23);2*1H4/t2*14-;;/m10../s1. The molecule has 4 aliphatic carbocycles. The van der Waals surface area contributed by atoms with Crippen LogP contribution in [0.5, 0.6) is 11.5 Å². The summed E-state index contributed by atoms with van der Waals surface area (Å²) in [4.78, 5) is 24.2. The van der Waals surface area contributed by atoms with Gasteiger partial charge in [-0.1, -0.05) is 38.1 Å². The summed E-state index contributed by atoms with van der Waals surface area (Å²) in [5.41, 5.74) is 2.12. The monoisotopic (exact) mass is 852 g/mol. The summed E-state index contributed by atoms with van der Waals surface area (Å²) >= 11 is 12.0. The Morgan fingerprint density at radius 1 is 0.607 bits per heavy atom. The summed E-state index contributed by atoms with van der Waals surface area (Å²) in [5.74, 6) is 0.390. The van der Waals surface area contributed by atoms with E-state index in [2.05, 4.69) is 21.3 Å². The maximum atomic E-state index is 12.5. The number of fused-ring (bicyclic) bond motifs is 2. The first-order valence-electron chi connectivity index (χ1n) is 17.5. The molecule has 0 bridgehead atoms. The second kappa shape index (κ2) is 17.0. The molecule has 2 atom stereocenters. The van der Waals surface area contributed by atoms with Gasteiger partial charge >= 0.3 is 12.1 Å². The molecule has 56 heavy (non-hydrogen) atoms. The highest BCUT2D eigenvalue weighted by atomic mass is 35.5. The third-order valence-electron chi connectivity index (χ3n) is 9.84. The lowest BCUT2D eigenvalue weighted by atomic mass is 9.94. The second-order valence-corrected chi connectivity index (χ2v) is 18.9. The fourth-order valence-corrected chi connectivity index (χ4v) is 11.4. The maximum Gasteiger partial charge on any atom is 0.319 e. The molecule has 8 rings (SSSR count). The van der Waals surface area contributed by atoms with Crippen LogP contribution < -0.4 is 21.3 Å². The first-order valence-corrected chi connectivity index (χ1v) is 21.4. The van der Waals surface area contributed by atoms with Gasteiger partial charge in [0.2, 0.25) is 0 Å². The number of aryl methyl sites for hydroxylation is 2. The molecule has 0 unspecified atom stereocenters. The molecule has 14 nitrogen and oxygen atoms in total. The molecule has 2 fully saturated rings. The fraction of sp³-hybridized carbons (Fsp3) is 0.421. The maximum absolute atomic E-state index is 12.5. The van der Waals surface area contributed by atoms with Gasteiger partial charge < -0.3 is 40.3 Å². The molecule has 4 amide bonds. The number of carbonyl (C=O) groups is 2. The quantitative estimate of drug-likeness (QED) is 0.0926. The minimum absolute atomic E-state index is 0. The van der Waals surface area contributed by atoms with E-state index in [9.17, 15) is 36.6 Å². The van der Waals surface area contributed by atoms with E-state index < -0.39 is 53.7 Å². The number of aromatic hydroxyl groups is 2. The number of benzene rings is 2. The van der Waals surface area contributed by atoms with Crippen LogP contribution in [0.1, 0.15) is 101 Å². The first kappa shape index (κ1) is 42.8. The molecule has 0 saturated heterocycles. The zero-order valence-electron chi connectivity index (χ0n) is 28.7. The van der Waals surface area contributed by atoms with Crippen molar-refractivity contribution in [3.63, 3.8) is 0 Å². The van der Waals surface area contributed by atoms with Crippen molar-refractivity contribution in [3.05, 3.63) is 81.6 Å². The highest BCUT2D eigenvalue weighted by Gasteiger charge is 2.41. The molecule has 2 heterocycles. The Morgan fingerprint density at radius 2 is 0.982 bits per heavy atom. The molecule has 18 heteroatoms. The number of hydrogen-bond donors (Lipinski definition) is 6. The van der Waals surface area contributed by atoms with Crippen LogP contribution in [0, 0.1) is 0 Å². The Balaban J connectivity index is 0.000000207. The number of nitrogens with one attached hydrogen (secondary N) is 4. The van der Waals surface area contributed by atoms with E-state index in [0.717, 1.165) is 61.2 Å². The fourth-order valence-electron chi connectivity index (χ4n) is 6.81. The van der Waals surface area contributed by atoms with Crippen LogP contribution in [0.15, 0.2) is 67.5 Å². The molecule has 0 radical (unpaired) electrons. The minimum Gasteiger partial charge on any atom is -0.504 e. The molecule has 2 aromatic heterocycles. The summed E-state index contributed by atoms with van der Waals surface area (Å²) in [6.07, 6.45) is 10.5. The Labute approximate surface area is 336 Å². The molecule has 0 spiro atoms. The largest absolute Gasteiger partial charge is 0.504 e. The van der Waals surface area contributed by atoms with Crippen LogP contribution in [0.25, 0.3) is 0 Å². The van der Waals surface area contributed by atoms with Gasteiger partial charge in [0.25, 0.3) is 0 Å². The van der Waals surface area contributed by atoms with Gasteiger partial charge in [0.1, 0.15) is 21.3 Å². The van der Waals surface area contributed by atoms with Crippen LogP contribution >= 0.6 is 23.2 Å². The van der Waals surface area contributed by atoms with Crippen LogP contribution in [0.2, 0.25) is 10.0 Å². The number of halogens is 2. The van der Waals surface area contributed by atoms with Gasteiger partial charge in [-0.25, -0.2) is 26.4 Å². The zero-order chi connectivity index (χ0) is 38.4. The molecule has 4 aliphatic rings. The lowest BCUT2D eigenvalue weighted by Gasteiger charge is -2.22. The van der Waals surface area contributed by atoms with Gasteiger partial charge in [0.05, 0.1) is 56.5 Å². The molecular formula is C38H46Cl2N4O10S2. The number of sulfone groups is 2. The average Bonchev–Trinajstić information content (AvgIpc) is 4.06. The van der Waals surface area contributed by atoms with Crippen molar-refractivity contribution in [2.24, 2.45) is 0 Å². The number of hydrogen-bond acceptors (Lipinski definition) is 10. The Morgan fingerprint density at radius 3 is 1.34 bits per heavy atom. The van der Waals surface area contributed by atoms with E-state index in [0.29, 0.717) is 25.7 Å². The molecule has 4 aromatic rings. The van der Waals surface area contributed by atoms with Crippen molar-refractivity contribution in [3.8, 4) is 11.5 Å². The van der Waals surface area contributed by atoms with Gasteiger partial charge in [-0.2, -0.15) is 0 Å². The third kappa shape index (κ3) is 8.77. The highest BCUT2D eigenvalue weighted by Crippen LogP contribution is 2.45. The molecule has 2 aromatic carbocycles. The first-order chi connectivity index (χ1) is 25.8. The SMILES string of the molecule is C.C.O=C(Nc1ccc(Cl)c(S(=O)(=O)C2CC2)c1O)N[C@@H]1CCCc2ccoc21.O=C(Nc1ccc(Cl)c(S(=O)(=O)C2CC2)c1O)N[C@H]1CCCc2ccoc21. The average molecular weight is 854 g/mol. The van der Waals surface area contributed by atoms with Gasteiger partial charge in [-0.15, -0.1) is 0 Å². The number of carbonyl (C=O) groups excluding carboxylic acids is 2. The van der Waals surface area contributed by atoms with Crippen molar-refractivity contribution in [2.45, 2.75) is 111 Å². The van der Waals surface area contributed by atoms with E-state index in [4.69, 9.17) is 32.0 Å². The van der Waals surface area contributed by atoms with Crippen molar-refractivity contribution in [1.29, 1.82) is 0 Å². The number of anilines is 2. The minimum atomic E-state index is -3.71. The van der Waals surface area contributed by atoms with E-state index in [1.165, 1.54) is 24.3 Å². The van der Waals surface area contributed by atoms with Crippen LogP contribution in [0.4, 0.5) is 21.0 Å². The topological polar surface area (TPSA) is 217 Å². The Kier molecular flexibility index (Phi) is 13.0. The van der Waals surface area contributed by atoms with E-state index in [-0.39, 0.29) is 58.1 Å². The molecule has 2 saturated carbocycles. The van der Waals surface area contributed by atoms with Crippen LogP contribution in [0.3, 0.4) is 0 Å². The molecule has 304 valence electrons. The summed E-state index contributed by atoms with van der Waals surface area (Å²) in [6, 6.07) is 7.59. The predicted molar refractivity (Wildman–Crippen MR) is 213 cm³/mol. The predicted octanol–water partition coefficient (Wildman–Crippen LogP) is 8.82. The number of phenolic OH excluding ortho intramolecular Hbond substituents is 2. The third-order valence-corrected chi connectivity index (χ3v) is 15.4. The van der Waals surface area contributed by atoms with Crippen molar-refractivity contribution in [1.82, 2.24) is 10.6 Å². The number of urea groups is 2. The van der Waals surface area contributed by atoms with Crippen molar-refractivity contribution < 1.29 is 45.5 Å². The zero-order valence-corrected chi connectivity index (χ0v) is 31.9. The van der Waals surface area contributed by atoms with Crippen LogP contribution in [-0.4, -0.2) is 49.6 Å². The normalized spacial score (nSPS) is 18.7. The van der Waals surface area contributed by atoms with E-state index >= 15 is 0 Å². The highest BCUT2D eigenvalue weighted by molar-refractivity contribution is 7.92. The van der Waals surface area contributed by atoms with Gasteiger partial charge in [-0.3, -0.25) is 0 Å². The summed E-state index contributed by atoms with van der Waals surface area (Å²) in [6.45, 7) is 0. The van der Waals surface area contributed by atoms with E-state index in [1.807, 2.05) is 12.1 Å². The van der Waals surface area contributed by atoms with Crippen LogP contribution in [-0.2, 0) is 32.5 Å². The van der Waals surface area contributed by atoms with Gasteiger partial charge in [0.15, 0.2) is 31.2 Å². The molecular weight excluding hydrogens is 807 g/mol.